The number of hydrogen-bond donors (Lipinski definition) is 0. The molecule has 0 atom stereocenters. The molecule has 0 radical (unpaired) electrons. The van der Waals surface area contributed by atoms with Gasteiger partial charge in [-0.1, -0.05) is 109 Å². The summed E-state index contributed by atoms with van der Waals surface area (Å²) >= 11 is 0. The summed E-state index contributed by atoms with van der Waals surface area (Å²) in [7, 11) is 0. The second kappa shape index (κ2) is 14.2. The Morgan fingerprint density at radius 3 is 1.00 bits per heavy atom. The Morgan fingerprint density at radius 1 is 0.444 bits per heavy atom. The van der Waals surface area contributed by atoms with Gasteiger partial charge >= 0.3 is 0 Å². The first-order valence-corrected chi connectivity index (χ1v) is 12.3. The van der Waals surface area contributed by atoms with Crippen molar-refractivity contribution in [1.29, 1.82) is 0 Å². The van der Waals surface area contributed by atoms with Gasteiger partial charge < -0.3 is 0 Å². The second-order valence-corrected chi connectivity index (χ2v) is 8.20. The fourth-order valence-corrected chi connectivity index (χ4v) is 3.92. The summed E-state index contributed by atoms with van der Waals surface area (Å²) in [6, 6.07) is 40.8. The smallest absolute Gasteiger partial charge is 0.0633 e. The predicted octanol–water partition coefficient (Wildman–Crippen LogP) is 9.76. The van der Waals surface area contributed by atoms with Gasteiger partial charge in [0.1, 0.15) is 0 Å². The van der Waals surface area contributed by atoms with Gasteiger partial charge in [-0.15, -0.1) is 0 Å². The highest BCUT2D eigenvalue weighted by Gasteiger charge is 2.04. The molecule has 36 heavy (non-hydrogen) atoms. The van der Waals surface area contributed by atoms with Crippen LogP contribution in [0.2, 0.25) is 0 Å². The first-order chi connectivity index (χ1) is 17.6. The van der Waals surface area contributed by atoms with Crippen LogP contribution >= 0.6 is 0 Å². The third kappa shape index (κ3) is 7.89. The number of hydrogen-bond acceptors (Lipinski definition) is 2. The summed E-state index contributed by atoms with van der Waals surface area (Å²) in [6.45, 7) is 8.20. The van der Waals surface area contributed by atoms with Crippen LogP contribution < -0.4 is 0 Å². The van der Waals surface area contributed by atoms with Crippen molar-refractivity contribution in [3.63, 3.8) is 0 Å². The lowest BCUT2D eigenvalue weighted by atomic mass is 10.0. The summed E-state index contributed by atoms with van der Waals surface area (Å²) in [5.74, 6) is 0. The maximum Gasteiger partial charge on any atom is 0.0633 e. The summed E-state index contributed by atoms with van der Waals surface area (Å²) < 4.78 is 0. The van der Waals surface area contributed by atoms with Gasteiger partial charge in [0, 0.05) is 11.4 Å². The van der Waals surface area contributed by atoms with E-state index >= 15 is 0 Å². The first kappa shape index (κ1) is 26.3. The van der Waals surface area contributed by atoms with E-state index in [-0.39, 0.29) is 0 Å². The summed E-state index contributed by atoms with van der Waals surface area (Å²) in [6.07, 6.45) is 4.22. The van der Waals surface area contributed by atoms with Gasteiger partial charge in [-0.25, -0.2) is 0 Å². The molecule has 0 unspecified atom stereocenters. The maximum absolute atomic E-state index is 4.65. The summed E-state index contributed by atoms with van der Waals surface area (Å²) in [4.78, 5) is 9.31. The van der Waals surface area contributed by atoms with E-state index in [1.807, 2.05) is 86.6 Å². The van der Waals surface area contributed by atoms with Crippen LogP contribution in [0, 0.1) is 0 Å². The zero-order valence-corrected chi connectivity index (χ0v) is 21.6. The molecule has 0 amide bonds. The minimum Gasteiger partial charge on any atom is -0.253 e. The van der Waals surface area contributed by atoms with Crippen molar-refractivity contribution in [3.05, 3.63) is 145 Å². The number of aliphatic imine (C=N–C) groups is 2. The van der Waals surface area contributed by atoms with E-state index in [1.165, 1.54) is 22.3 Å². The third-order valence-corrected chi connectivity index (χ3v) is 5.63. The molecule has 0 aliphatic rings. The van der Waals surface area contributed by atoms with E-state index in [0.29, 0.717) is 0 Å². The summed E-state index contributed by atoms with van der Waals surface area (Å²) in [5.41, 5.74) is 8.83. The van der Waals surface area contributed by atoms with Gasteiger partial charge in [-0.05, 0) is 74.2 Å². The average molecular weight is 471 g/mol. The second-order valence-electron chi connectivity index (χ2n) is 8.20. The molecule has 2 heteroatoms. The van der Waals surface area contributed by atoms with Gasteiger partial charge in [0.2, 0.25) is 0 Å². The highest BCUT2D eigenvalue weighted by molar-refractivity contribution is 6.23. The minimum atomic E-state index is 0.991. The number of rotatable bonds is 6. The van der Waals surface area contributed by atoms with Gasteiger partial charge in [0.25, 0.3) is 0 Å². The predicted molar refractivity (Wildman–Crippen MR) is 159 cm³/mol. The van der Waals surface area contributed by atoms with Crippen molar-refractivity contribution in [1.82, 2.24) is 0 Å². The van der Waals surface area contributed by atoms with E-state index in [0.717, 1.165) is 22.8 Å². The van der Waals surface area contributed by atoms with Crippen LogP contribution in [0.15, 0.2) is 143 Å². The van der Waals surface area contributed by atoms with Gasteiger partial charge in [-0.2, -0.15) is 0 Å². The Hall–Kier alpha value is -4.30. The SMILES string of the molecule is C/C=C(/C(C)=Nc1ccccc1)c1ccccc1.C/C=C(/C(C)=Nc1ccccc1)c1ccccc1. The molecule has 180 valence electrons. The van der Waals surface area contributed by atoms with Crippen molar-refractivity contribution in [3.8, 4) is 0 Å². The maximum atomic E-state index is 4.65. The van der Waals surface area contributed by atoms with Crippen molar-refractivity contribution in [2.75, 3.05) is 0 Å². The standard InChI is InChI=1S/2C17H17N/c2*1-3-17(15-10-6-4-7-11-15)14(2)18-16-12-8-5-9-13-16/h2*3-13H,1-2H3/b2*17-3-,18-14?. The van der Waals surface area contributed by atoms with E-state index in [4.69, 9.17) is 0 Å². The molecule has 0 N–H and O–H groups in total. The van der Waals surface area contributed by atoms with Crippen molar-refractivity contribution in [2.45, 2.75) is 27.7 Å². The summed E-state index contributed by atoms with van der Waals surface area (Å²) in [5, 5.41) is 0. The topological polar surface area (TPSA) is 24.7 Å². The third-order valence-electron chi connectivity index (χ3n) is 5.63. The van der Waals surface area contributed by atoms with Crippen LogP contribution in [0.4, 0.5) is 11.4 Å². The highest BCUT2D eigenvalue weighted by atomic mass is 14.7. The Morgan fingerprint density at radius 2 is 0.722 bits per heavy atom. The molecule has 0 aliphatic carbocycles. The van der Waals surface area contributed by atoms with Crippen molar-refractivity contribution in [2.24, 2.45) is 9.98 Å². The van der Waals surface area contributed by atoms with E-state index in [2.05, 4.69) is 84.5 Å². The molecular weight excluding hydrogens is 436 g/mol. The van der Waals surface area contributed by atoms with Crippen molar-refractivity contribution < 1.29 is 0 Å². The molecule has 4 rings (SSSR count). The van der Waals surface area contributed by atoms with Crippen LogP contribution in [0.3, 0.4) is 0 Å². The van der Waals surface area contributed by atoms with Gasteiger partial charge in [0.05, 0.1) is 11.4 Å². The molecule has 4 aromatic carbocycles. The molecule has 0 aliphatic heterocycles. The molecule has 0 bridgehead atoms. The van der Waals surface area contributed by atoms with E-state index in [1.54, 1.807) is 0 Å². The van der Waals surface area contributed by atoms with Crippen LogP contribution in [0.1, 0.15) is 38.8 Å². The van der Waals surface area contributed by atoms with Crippen LogP contribution in [-0.2, 0) is 0 Å². The molecule has 2 nitrogen and oxygen atoms in total. The Labute approximate surface area is 216 Å². The quantitative estimate of drug-likeness (QED) is 0.251. The molecule has 0 saturated carbocycles. The molecule has 0 spiro atoms. The normalized spacial score (nSPS) is 12.6. The molecule has 4 aromatic rings. The zero-order chi connectivity index (χ0) is 25.6. The fourth-order valence-electron chi connectivity index (χ4n) is 3.92. The largest absolute Gasteiger partial charge is 0.253 e. The number of nitrogens with zero attached hydrogens (tertiary/aromatic N) is 2. The van der Waals surface area contributed by atoms with Gasteiger partial charge in [0.15, 0.2) is 0 Å². The highest BCUT2D eigenvalue weighted by Crippen LogP contribution is 2.21. The lowest BCUT2D eigenvalue weighted by Gasteiger charge is -2.07. The monoisotopic (exact) mass is 470 g/mol. The lowest BCUT2D eigenvalue weighted by Crippen LogP contribution is -1.96. The molecular formula is C34H34N2. The Bertz CT molecular complexity index is 1210. The van der Waals surface area contributed by atoms with Crippen molar-refractivity contribution >= 4 is 33.9 Å². The number of para-hydroxylation sites is 2. The zero-order valence-electron chi connectivity index (χ0n) is 21.6. The average Bonchev–Trinajstić information content (AvgIpc) is 2.92. The van der Waals surface area contributed by atoms with Gasteiger partial charge in [-0.3, -0.25) is 9.98 Å². The Balaban J connectivity index is 0.000000201. The number of benzene rings is 4. The van der Waals surface area contributed by atoms with E-state index < -0.39 is 0 Å². The lowest BCUT2D eigenvalue weighted by molar-refractivity contribution is 1.49. The minimum absolute atomic E-state index is 0.991. The van der Waals surface area contributed by atoms with Crippen LogP contribution in [0.5, 0.6) is 0 Å². The molecule has 0 saturated heterocycles. The molecule has 0 aromatic heterocycles. The number of allylic oxidation sites excluding steroid dienone is 4. The van der Waals surface area contributed by atoms with Crippen LogP contribution in [-0.4, -0.2) is 11.4 Å². The first-order valence-electron chi connectivity index (χ1n) is 12.3. The van der Waals surface area contributed by atoms with E-state index in [9.17, 15) is 0 Å². The molecule has 0 fully saturated rings. The Kier molecular flexibility index (Phi) is 10.4. The molecule has 0 heterocycles. The van der Waals surface area contributed by atoms with Crippen LogP contribution in [0.25, 0.3) is 11.1 Å². The fraction of sp³-hybridized carbons (Fsp3) is 0.118.